The molecule has 5 unspecified atom stereocenters. The molecule has 40 nitrogen and oxygen atoms in total. The van der Waals surface area contributed by atoms with Crippen LogP contribution >= 0.6 is 0 Å². The van der Waals surface area contributed by atoms with Gasteiger partial charge in [-0.1, -0.05) is 80.9 Å². The molecule has 4 fully saturated rings. The minimum atomic E-state index is -4.40. The Balaban J connectivity index is 0.000000185. The molecule has 4 aliphatic heterocycles. The third kappa shape index (κ3) is 26.5. The van der Waals surface area contributed by atoms with E-state index in [1.54, 1.807) is 0 Å². The number of fused-ring (bicyclic) bond motifs is 4. The maximum absolute atomic E-state index is 13.4. The van der Waals surface area contributed by atoms with Crippen molar-refractivity contribution in [2.24, 2.45) is 27.9 Å². The zero-order chi connectivity index (χ0) is 125. The summed E-state index contributed by atoms with van der Waals surface area (Å²) in [4.78, 5) is 88.8. The lowest BCUT2D eigenvalue weighted by molar-refractivity contribution is 0.297. The van der Waals surface area contributed by atoms with Gasteiger partial charge in [-0.05, 0) is 256 Å². The third-order valence-corrected chi connectivity index (χ3v) is 30.5. The van der Waals surface area contributed by atoms with Crippen molar-refractivity contribution in [3.8, 4) is 68.5 Å². The van der Waals surface area contributed by atoms with Crippen molar-refractivity contribution in [3.63, 3.8) is 0 Å². The van der Waals surface area contributed by atoms with Crippen LogP contribution in [0.2, 0.25) is 0 Å². The Labute approximate surface area is 878 Å². The Bertz CT molecular complexity index is 8380. The summed E-state index contributed by atoms with van der Waals surface area (Å²) in [6.45, 7) is 2.79. The predicted octanol–water partition coefficient (Wildman–Crippen LogP) is 11.3. The number of likely N-dealkylation sites (tertiary alicyclic amines) is 4. The van der Waals surface area contributed by atoms with Crippen molar-refractivity contribution in [2.75, 3.05) is 107 Å². The van der Waals surface area contributed by atoms with E-state index in [1.807, 2.05) is 60.8 Å². The first-order valence-electron chi connectivity index (χ1n) is 60.4. The Morgan fingerprint density at radius 1 is 0.361 bits per heavy atom. The number of nitrogens with one attached hydrogen (secondary N) is 8. The number of rotatable bonds is 44. The smallest absolute Gasteiger partial charge is 0.277 e. The molecule has 0 aliphatic carbocycles. The van der Waals surface area contributed by atoms with Crippen molar-refractivity contribution >= 4 is 84.2 Å². The van der Waals surface area contributed by atoms with Gasteiger partial charge in [0, 0.05) is 112 Å². The Morgan fingerprint density at radius 3 is 0.903 bits per heavy atom. The van der Waals surface area contributed by atoms with E-state index in [9.17, 15) is 52.8 Å². The highest BCUT2D eigenvalue weighted by Crippen LogP contribution is 2.38. The topological polar surface area (TPSA) is 489 Å². The van der Waals surface area contributed by atoms with E-state index < -0.39 is 152 Å². The minimum absolute atomic E-state index is 0.00525. The van der Waals surface area contributed by atoms with Gasteiger partial charge in [-0.25, -0.2) is 72.5 Å². The quantitative estimate of drug-likeness (QED) is 0.0176. The molecule has 12 aromatic rings. The molecule has 0 amide bonds. The fraction of sp³-hybridized carbons (Fsp3) is 0.560. The number of nitrogens with zero attached hydrogens (tertiary/aromatic N) is 16. The van der Waals surface area contributed by atoms with Crippen molar-refractivity contribution in [3.05, 3.63) is 137 Å². The van der Waals surface area contributed by atoms with E-state index in [0.717, 1.165) is 84.5 Å². The molecule has 0 spiro atoms. The third-order valence-electron chi connectivity index (χ3n) is 24.9. The van der Waals surface area contributed by atoms with Crippen LogP contribution in [0.4, 0.5) is 0 Å². The molecule has 784 valence electrons. The highest BCUT2D eigenvalue weighted by molar-refractivity contribution is 7.90. The molecule has 8 aromatic heterocycles. The zero-order valence-corrected chi connectivity index (χ0v) is 85.9. The average Bonchev–Trinajstić information content (AvgIpc) is 1.57. The van der Waals surface area contributed by atoms with E-state index in [-0.39, 0.29) is 215 Å². The van der Waals surface area contributed by atoms with Crippen LogP contribution in [0.15, 0.2) is 112 Å². The molecule has 16 rings (SSSR count). The van der Waals surface area contributed by atoms with Crippen LogP contribution in [0.25, 0.3) is 89.7 Å². The second kappa shape index (κ2) is 49.9. The zero-order valence-electron chi connectivity index (χ0n) is 108. The number of hydrogen-bond donors (Lipinski definition) is 8. The van der Waals surface area contributed by atoms with Gasteiger partial charge >= 0.3 is 0 Å². The van der Waals surface area contributed by atoms with Crippen molar-refractivity contribution in [2.45, 2.75) is 253 Å². The first kappa shape index (κ1) is 80.2. The summed E-state index contributed by atoms with van der Waals surface area (Å²) in [5.74, 6) is 0.311. The summed E-state index contributed by atoms with van der Waals surface area (Å²) >= 11 is 0. The summed E-state index contributed by atoms with van der Waals surface area (Å²) in [7, 11) is -8.63. The van der Waals surface area contributed by atoms with E-state index in [0.29, 0.717) is 76.3 Å². The maximum Gasteiger partial charge on any atom is 0.277 e. The van der Waals surface area contributed by atoms with Crippen LogP contribution in [0.3, 0.4) is 0 Å². The van der Waals surface area contributed by atoms with Crippen LogP contribution in [0, 0.1) is 0 Å². The molecule has 44 heteroatoms. The van der Waals surface area contributed by atoms with Gasteiger partial charge < -0.3 is 58.5 Å². The van der Waals surface area contributed by atoms with Crippen LogP contribution in [-0.2, 0) is 93.6 Å². The van der Waals surface area contributed by atoms with Gasteiger partial charge in [0.25, 0.3) is 22.2 Å². The van der Waals surface area contributed by atoms with Gasteiger partial charge in [0.2, 0.25) is 40.1 Å². The number of benzene rings is 4. The predicted molar refractivity (Wildman–Crippen MR) is 559 cm³/mol. The van der Waals surface area contributed by atoms with Gasteiger partial charge in [0.15, 0.2) is 22.1 Å². The monoisotopic (exact) mass is 2090 g/mol. The number of H-pyrrole nitrogens is 4. The van der Waals surface area contributed by atoms with Gasteiger partial charge in [-0.3, -0.25) is 37.9 Å². The minimum Gasteiger partial charge on any atom is -0.493 e. The van der Waals surface area contributed by atoms with Gasteiger partial charge in [0.1, 0.15) is 68.4 Å². The molecular weight excluding hydrogens is 1920 g/mol. The van der Waals surface area contributed by atoms with Crippen LogP contribution in [0.1, 0.15) is 241 Å². The Kier molecular flexibility index (Phi) is 27.8. The van der Waals surface area contributed by atoms with Gasteiger partial charge in [-0.2, -0.15) is 20.4 Å². The van der Waals surface area contributed by atoms with Crippen LogP contribution < -0.4 is 60.1 Å². The highest BCUT2D eigenvalue weighted by Gasteiger charge is 2.32. The SMILES string of the molecule is [2H]C(CC1CCCN1C)NS(=O)(=O)c1ccc(OCCC)c(-c2nc3c(CC([2H])([2H])C)nn(C([2H])([2H])[2H])c3c(=O)[nH]2)c1.[2H]C([2H])(C)Cc1nn(C([2H])([2H])[2H])c2c(=O)[nH]c(-c3cc(S(=O)(=O)NC([2H])([2H])CC4CCCN4C)ccc3OCCC)nc12.[2H]C([2H])(C)Cc1nn(C([2H])([2H])[2H])c2c(=O)[nH]c(-c3cc(S(=O)(=O)NCCC4CCCN4C)ccc3OCCC)nc12.[2H]C([2H])([2H])n1nc(C([2H])([2H])C([2H])([2H])C)c2nc(-c3cc(S(=O)(=O)NCCC4CCCN4C)ccc3OCCC)[nH]c(=O)c21. The van der Waals surface area contributed by atoms with Gasteiger partial charge in [-0.15, -0.1) is 0 Å². The lowest BCUT2D eigenvalue weighted by atomic mass is 10.1. The van der Waals surface area contributed by atoms with Crippen LogP contribution in [0.5, 0.6) is 23.0 Å². The lowest BCUT2D eigenvalue weighted by Gasteiger charge is -2.19. The molecule has 0 bridgehead atoms. The number of hydrogen-bond acceptors (Lipinski definition) is 28. The number of sulfonamides is 4. The number of aromatic nitrogens is 16. The molecule has 0 saturated carbocycles. The molecule has 4 saturated heterocycles. The Hall–Kier alpha value is -11.0. The fourth-order valence-electron chi connectivity index (χ4n) is 17.4. The molecule has 4 aromatic carbocycles. The molecule has 144 heavy (non-hydrogen) atoms. The molecule has 5 atom stereocenters. The van der Waals surface area contributed by atoms with E-state index in [2.05, 4.69) is 93.9 Å². The highest BCUT2D eigenvalue weighted by atomic mass is 32.2. The molecule has 0 radical (unpaired) electrons. The standard InChI is InChI=1S/4C25H36N6O4S/c4*1-5-8-20-22-23(31(4)29-20)25(32)28-24(27-22)19-16-18(10-11-21(19)35-15-6-2)36(33,34)26-13-12-17-9-7-14-30(17)3/h4*10-11,16-17,26H,5-9,12-15H2,1-4H3,(H,27,28,32)/i4D3,5D2,13D2;4D3,5D2,13D;4D3,5D2,8D2;4D3,5D2. The Morgan fingerprint density at radius 2 is 0.632 bits per heavy atom. The number of ether oxygens (including phenoxy) is 4. The second-order valence-electron chi connectivity index (χ2n) is 35.3. The average molecular weight is 2090 g/mol. The summed E-state index contributed by atoms with van der Waals surface area (Å²) in [6.07, 6.45) is 0.0957. The number of aromatic amines is 4. The first-order valence-corrected chi connectivity index (χ1v) is 53.7. The van der Waals surface area contributed by atoms with E-state index in [4.69, 9.17) is 53.2 Å². The van der Waals surface area contributed by atoms with Crippen molar-refractivity contribution < 1.29 is 86.9 Å². The molecule has 12 heterocycles. The summed E-state index contributed by atoms with van der Waals surface area (Å²) in [5.41, 5.74) is -6.36. The summed E-state index contributed by atoms with van der Waals surface area (Å²) < 4.78 is 341. The largest absolute Gasteiger partial charge is 0.493 e. The molecule has 4 aliphatic rings. The van der Waals surface area contributed by atoms with E-state index >= 15 is 0 Å². The fourth-order valence-corrected chi connectivity index (χ4v) is 21.4. The van der Waals surface area contributed by atoms with E-state index in [1.165, 1.54) is 93.6 Å². The van der Waals surface area contributed by atoms with Crippen LogP contribution in [-0.4, -0.2) is 263 Å². The number of aryl methyl sites for hydroxylation is 8. The van der Waals surface area contributed by atoms with Gasteiger partial charge in [0.05, 0.1) is 91.0 Å². The summed E-state index contributed by atoms with van der Waals surface area (Å²) in [5, 5.41) is 15.9. The molecular formula is C100H144N24O16S4. The normalized spacial score (nSPS) is 20.5. The summed E-state index contributed by atoms with van der Waals surface area (Å²) in [6, 6.07) is 16.8. The van der Waals surface area contributed by atoms with Crippen molar-refractivity contribution in [1.29, 1.82) is 0 Å². The van der Waals surface area contributed by atoms with Crippen molar-refractivity contribution in [1.82, 2.24) is 117 Å². The first-order chi connectivity index (χ1) is 78.3. The lowest BCUT2D eigenvalue weighted by Crippen LogP contribution is -2.31. The molecule has 8 N–H and O–H groups in total. The second-order valence-corrected chi connectivity index (χ2v) is 42.2. The maximum atomic E-state index is 13.4.